The van der Waals surface area contributed by atoms with Gasteiger partial charge in [0.15, 0.2) is 5.13 Å². The number of anilines is 2. The first-order valence-electron chi connectivity index (χ1n) is 8.91. The van der Waals surface area contributed by atoms with Gasteiger partial charge in [0, 0.05) is 30.0 Å². The standard InChI is InChI=1S/C20H19N3O3S2/c1-26-14-6-4-8-16-19(14)22-20(28-16)21-17(24)9-10-18(25)23-11-12-27-15-7-3-2-5-13(15)23/h2-8H,9-12H2,1H3,(H,21,22,24). The minimum absolute atomic E-state index is 0.0335. The molecule has 1 aromatic heterocycles. The minimum atomic E-state index is -0.217. The number of amides is 2. The third-order valence-corrected chi connectivity index (χ3v) is 6.42. The topological polar surface area (TPSA) is 71.5 Å². The minimum Gasteiger partial charge on any atom is -0.494 e. The number of methoxy groups -OCH3 is 1. The molecular formula is C20H19N3O3S2. The molecule has 2 heterocycles. The van der Waals surface area contributed by atoms with Crippen molar-refractivity contribution in [3.05, 3.63) is 42.5 Å². The molecule has 0 spiro atoms. The molecule has 4 rings (SSSR count). The van der Waals surface area contributed by atoms with E-state index in [0.29, 0.717) is 17.4 Å². The van der Waals surface area contributed by atoms with Gasteiger partial charge in [-0.2, -0.15) is 0 Å². The summed E-state index contributed by atoms with van der Waals surface area (Å²) in [7, 11) is 1.59. The molecule has 8 heteroatoms. The molecule has 1 aliphatic heterocycles. The van der Waals surface area contributed by atoms with Gasteiger partial charge in [-0.3, -0.25) is 9.59 Å². The van der Waals surface area contributed by atoms with Crippen molar-refractivity contribution in [1.29, 1.82) is 0 Å². The monoisotopic (exact) mass is 413 g/mol. The highest BCUT2D eigenvalue weighted by Gasteiger charge is 2.23. The van der Waals surface area contributed by atoms with Crippen molar-refractivity contribution in [3.63, 3.8) is 0 Å². The Morgan fingerprint density at radius 1 is 1.18 bits per heavy atom. The summed E-state index contributed by atoms with van der Waals surface area (Å²) in [4.78, 5) is 32.3. The van der Waals surface area contributed by atoms with Gasteiger partial charge in [0.05, 0.1) is 17.5 Å². The Labute approximate surface area is 170 Å². The zero-order chi connectivity index (χ0) is 19.5. The Kier molecular flexibility index (Phi) is 5.50. The van der Waals surface area contributed by atoms with Crippen LogP contribution in [0.1, 0.15) is 12.8 Å². The zero-order valence-electron chi connectivity index (χ0n) is 15.3. The van der Waals surface area contributed by atoms with Gasteiger partial charge < -0.3 is 15.0 Å². The number of ether oxygens (including phenoxy) is 1. The number of nitrogens with one attached hydrogen (secondary N) is 1. The second-order valence-electron chi connectivity index (χ2n) is 6.24. The van der Waals surface area contributed by atoms with Gasteiger partial charge in [-0.25, -0.2) is 4.98 Å². The number of fused-ring (bicyclic) bond motifs is 2. The Morgan fingerprint density at radius 2 is 2.04 bits per heavy atom. The summed E-state index contributed by atoms with van der Waals surface area (Å²) in [5.41, 5.74) is 1.66. The molecule has 0 fully saturated rings. The predicted molar refractivity (Wildman–Crippen MR) is 114 cm³/mol. The first-order chi connectivity index (χ1) is 13.7. The Bertz CT molecular complexity index is 1030. The third-order valence-electron chi connectivity index (χ3n) is 4.44. The smallest absolute Gasteiger partial charge is 0.227 e. The highest BCUT2D eigenvalue weighted by molar-refractivity contribution is 7.99. The van der Waals surface area contributed by atoms with E-state index in [1.165, 1.54) is 11.3 Å². The van der Waals surface area contributed by atoms with Crippen LogP contribution in [0, 0.1) is 0 Å². The van der Waals surface area contributed by atoms with Crippen molar-refractivity contribution in [2.24, 2.45) is 0 Å². The fraction of sp³-hybridized carbons (Fsp3) is 0.250. The fourth-order valence-corrected chi connectivity index (χ4v) is 5.00. The molecule has 28 heavy (non-hydrogen) atoms. The zero-order valence-corrected chi connectivity index (χ0v) is 16.9. The van der Waals surface area contributed by atoms with Crippen LogP contribution in [0.25, 0.3) is 10.2 Å². The second-order valence-corrected chi connectivity index (χ2v) is 8.40. The largest absolute Gasteiger partial charge is 0.494 e. The number of rotatable bonds is 5. The lowest BCUT2D eigenvalue weighted by molar-refractivity contribution is -0.122. The second kappa shape index (κ2) is 8.20. The lowest BCUT2D eigenvalue weighted by Crippen LogP contribution is -2.35. The number of hydrogen-bond acceptors (Lipinski definition) is 6. The molecule has 1 aliphatic rings. The summed E-state index contributed by atoms with van der Waals surface area (Å²) < 4.78 is 6.24. The number of para-hydroxylation sites is 2. The van der Waals surface area contributed by atoms with E-state index in [0.717, 1.165) is 26.6 Å². The van der Waals surface area contributed by atoms with Crippen molar-refractivity contribution < 1.29 is 14.3 Å². The van der Waals surface area contributed by atoms with Crippen molar-refractivity contribution in [3.8, 4) is 5.75 Å². The molecule has 0 radical (unpaired) electrons. The average Bonchev–Trinajstić information content (AvgIpc) is 3.14. The summed E-state index contributed by atoms with van der Waals surface area (Å²) >= 11 is 3.14. The van der Waals surface area contributed by atoms with Crippen molar-refractivity contribution >= 4 is 55.9 Å². The van der Waals surface area contributed by atoms with E-state index in [4.69, 9.17) is 4.74 Å². The number of carbonyl (C=O) groups excluding carboxylic acids is 2. The van der Waals surface area contributed by atoms with E-state index in [1.54, 1.807) is 23.8 Å². The number of aromatic nitrogens is 1. The SMILES string of the molecule is COc1cccc2sc(NC(=O)CCC(=O)N3CCSc4ccccc43)nc12. The normalized spacial score (nSPS) is 13.2. The third kappa shape index (κ3) is 3.83. The van der Waals surface area contributed by atoms with Crippen LogP contribution < -0.4 is 15.0 Å². The van der Waals surface area contributed by atoms with Gasteiger partial charge in [0.2, 0.25) is 11.8 Å². The Morgan fingerprint density at radius 3 is 2.89 bits per heavy atom. The first-order valence-corrected chi connectivity index (χ1v) is 10.7. The lowest BCUT2D eigenvalue weighted by Gasteiger charge is -2.28. The Hall–Kier alpha value is -2.58. The number of benzene rings is 2. The van der Waals surface area contributed by atoms with Gasteiger partial charge in [-0.15, -0.1) is 11.8 Å². The van der Waals surface area contributed by atoms with Gasteiger partial charge in [0.1, 0.15) is 11.3 Å². The van der Waals surface area contributed by atoms with E-state index >= 15 is 0 Å². The van der Waals surface area contributed by atoms with Crippen LogP contribution in [0.3, 0.4) is 0 Å². The lowest BCUT2D eigenvalue weighted by atomic mass is 10.2. The number of thiazole rings is 1. The van der Waals surface area contributed by atoms with Crippen molar-refractivity contribution in [2.75, 3.05) is 29.6 Å². The summed E-state index contributed by atoms with van der Waals surface area (Å²) in [6.07, 6.45) is 0.288. The molecule has 144 valence electrons. The van der Waals surface area contributed by atoms with Gasteiger partial charge in [-0.1, -0.05) is 29.5 Å². The predicted octanol–water partition coefficient (Wildman–Crippen LogP) is 4.16. The molecular weight excluding hydrogens is 394 g/mol. The van der Waals surface area contributed by atoms with Crippen molar-refractivity contribution in [2.45, 2.75) is 17.7 Å². The van der Waals surface area contributed by atoms with Crippen molar-refractivity contribution in [1.82, 2.24) is 4.98 Å². The molecule has 0 unspecified atom stereocenters. The maximum Gasteiger partial charge on any atom is 0.227 e. The van der Waals surface area contributed by atoms with E-state index in [2.05, 4.69) is 10.3 Å². The van der Waals surface area contributed by atoms with Crippen LogP contribution >= 0.6 is 23.1 Å². The number of hydrogen-bond donors (Lipinski definition) is 1. The average molecular weight is 414 g/mol. The first kappa shape index (κ1) is 18.8. The summed E-state index contributed by atoms with van der Waals surface area (Å²) in [6.45, 7) is 0.666. The number of carbonyl (C=O) groups is 2. The number of nitrogens with zero attached hydrogens (tertiary/aromatic N) is 2. The van der Waals surface area contributed by atoms with E-state index in [1.807, 2.05) is 42.5 Å². The highest BCUT2D eigenvalue weighted by atomic mass is 32.2. The van der Waals surface area contributed by atoms with Gasteiger partial charge in [0.25, 0.3) is 0 Å². The van der Waals surface area contributed by atoms with Crippen LogP contribution in [0.5, 0.6) is 5.75 Å². The maximum atomic E-state index is 12.6. The van der Waals surface area contributed by atoms with Crippen LogP contribution in [0.2, 0.25) is 0 Å². The molecule has 3 aromatic rings. The van der Waals surface area contributed by atoms with Gasteiger partial charge >= 0.3 is 0 Å². The molecule has 0 aliphatic carbocycles. The summed E-state index contributed by atoms with van der Waals surface area (Å²) in [5.74, 6) is 1.29. The molecule has 0 saturated carbocycles. The van der Waals surface area contributed by atoms with E-state index in [-0.39, 0.29) is 24.7 Å². The van der Waals surface area contributed by atoms with E-state index < -0.39 is 0 Å². The molecule has 0 atom stereocenters. The number of thioether (sulfide) groups is 1. The molecule has 6 nitrogen and oxygen atoms in total. The maximum absolute atomic E-state index is 12.6. The van der Waals surface area contributed by atoms with E-state index in [9.17, 15) is 9.59 Å². The Balaban J connectivity index is 1.38. The van der Waals surface area contributed by atoms with Crippen LogP contribution in [-0.4, -0.2) is 36.2 Å². The van der Waals surface area contributed by atoms with Crippen LogP contribution in [0.4, 0.5) is 10.8 Å². The summed E-state index contributed by atoms with van der Waals surface area (Å²) in [5, 5.41) is 3.31. The van der Waals surface area contributed by atoms with Gasteiger partial charge in [-0.05, 0) is 24.3 Å². The molecule has 1 N–H and O–H groups in total. The summed E-state index contributed by atoms with van der Waals surface area (Å²) in [6, 6.07) is 13.5. The molecule has 0 bridgehead atoms. The van der Waals surface area contributed by atoms with Crippen LogP contribution in [-0.2, 0) is 9.59 Å². The highest BCUT2D eigenvalue weighted by Crippen LogP contribution is 2.35. The quantitative estimate of drug-likeness (QED) is 0.680. The van der Waals surface area contributed by atoms with Crippen LogP contribution in [0.15, 0.2) is 47.4 Å². The molecule has 2 amide bonds. The molecule has 2 aromatic carbocycles. The fourth-order valence-electron chi connectivity index (χ4n) is 3.11. The molecule has 0 saturated heterocycles.